The summed E-state index contributed by atoms with van der Waals surface area (Å²) in [5, 5.41) is 10.9. The molecule has 1 aliphatic carbocycles. The number of carbonyl (C=O) groups is 1. The van der Waals surface area contributed by atoms with Gasteiger partial charge in [0.05, 0.1) is 17.9 Å². The molecule has 1 aliphatic rings. The van der Waals surface area contributed by atoms with Gasteiger partial charge in [-0.1, -0.05) is 13.8 Å². The average Bonchev–Trinajstić information content (AvgIpc) is 3.33. The van der Waals surface area contributed by atoms with Crippen molar-refractivity contribution in [2.24, 2.45) is 5.92 Å². The van der Waals surface area contributed by atoms with E-state index in [0.29, 0.717) is 11.6 Å². The summed E-state index contributed by atoms with van der Waals surface area (Å²) in [6, 6.07) is 1.91. The van der Waals surface area contributed by atoms with E-state index >= 15 is 0 Å². The minimum Gasteiger partial charge on any atom is -0.319 e. The number of alkyl halides is 2. The summed E-state index contributed by atoms with van der Waals surface area (Å²) in [4.78, 5) is 17.0. The summed E-state index contributed by atoms with van der Waals surface area (Å²) in [6.45, 7) is 4.18. The van der Waals surface area contributed by atoms with Crippen LogP contribution in [0.1, 0.15) is 73.7 Å². The Labute approximate surface area is 167 Å². The van der Waals surface area contributed by atoms with Crippen LogP contribution in [0.15, 0.2) is 24.7 Å². The standard InChI is InChI=1S/C20H24F2N6O/c1-3-13-8-9-23-19-15(10-24-28(13)19)20(29)25-16-11-27(26-17(16)18(21)22)14-6-4-12(2)5-7-14/h8-12,14,18H,3-7H2,1-2H3,(H,25,29)/t12-,14-. The number of halogens is 2. The van der Waals surface area contributed by atoms with Crippen molar-refractivity contribution < 1.29 is 13.6 Å². The zero-order valence-corrected chi connectivity index (χ0v) is 16.5. The molecule has 0 unspecified atom stereocenters. The molecule has 3 aromatic rings. The minimum absolute atomic E-state index is 0.0367. The van der Waals surface area contributed by atoms with Crippen molar-refractivity contribution in [3.05, 3.63) is 41.6 Å². The molecule has 9 heteroatoms. The number of fused-ring (bicyclic) bond motifs is 1. The SMILES string of the molecule is CCc1ccnc2c(C(=O)Nc3cn([C@H]4CC[C@H](C)CC4)nc3C(F)F)cnn12. The van der Waals surface area contributed by atoms with Gasteiger partial charge in [-0.15, -0.1) is 0 Å². The first-order valence-electron chi connectivity index (χ1n) is 9.98. The largest absolute Gasteiger partial charge is 0.319 e. The van der Waals surface area contributed by atoms with E-state index in [9.17, 15) is 13.6 Å². The summed E-state index contributed by atoms with van der Waals surface area (Å²) in [7, 11) is 0. The summed E-state index contributed by atoms with van der Waals surface area (Å²) < 4.78 is 30.3. The number of rotatable bonds is 5. The van der Waals surface area contributed by atoms with Gasteiger partial charge in [0.15, 0.2) is 11.3 Å². The zero-order valence-electron chi connectivity index (χ0n) is 16.5. The van der Waals surface area contributed by atoms with Crippen LogP contribution < -0.4 is 5.32 Å². The van der Waals surface area contributed by atoms with Gasteiger partial charge in [-0.05, 0) is 44.1 Å². The van der Waals surface area contributed by atoms with Crippen LogP contribution in [0.3, 0.4) is 0 Å². The van der Waals surface area contributed by atoms with Crippen LogP contribution in [-0.4, -0.2) is 30.3 Å². The molecular weight excluding hydrogens is 378 g/mol. The van der Waals surface area contributed by atoms with E-state index in [-0.39, 0.29) is 17.3 Å². The highest BCUT2D eigenvalue weighted by atomic mass is 19.3. The first-order chi connectivity index (χ1) is 14.0. The highest BCUT2D eigenvalue weighted by molar-refractivity contribution is 6.08. The van der Waals surface area contributed by atoms with Crippen molar-refractivity contribution >= 4 is 17.2 Å². The molecule has 0 aliphatic heterocycles. The van der Waals surface area contributed by atoms with Gasteiger partial charge >= 0.3 is 0 Å². The first kappa shape index (κ1) is 19.5. The predicted molar refractivity (Wildman–Crippen MR) is 104 cm³/mol. The Balaban J connectivity index is 1.61. The van der Waals surface area contributed by atoms with Crippen LogP contribution in [0.4, 0.5) is 14.5 Å². The van der Waals surface area contributed by atoms with Gasteiger partial charge in [-0.25, -0.2) is 18.3 Å². The number of amides is 1. The van der Waals surface area contributed by atoms with Gasteiger partial charge in [0, 0.05) is 18.1 Å². The van der Waals surface area contributed by atoms with E-state index in [1.807, 2.05) is 13.0 Å². The second-order valence-corrected chi connectivity index (χ2v) is 7.66. The first-order valence-corrected chi connectivity index (χ1v) is 9.98. The van der Waals surface area contributed by atoms with E-state index in [4.69, 9.17) is 0 Å². The van der Waals surface area contributed by atoms with Crippen LogP contribution in [0.5, 0.6) is 0 Å². The highest BCUT2D eigenvalue weighted by Crippen LogP contribution is 2.34. The Morgan fingerprint density at radius 2 is 2.07 bits per heavy atom. The molecule has 0 saturated heterocycles. The van der Waals surface area contributed by atoms with E-state index in [1.165, 1.54) is 12.4 Å². The second-order valence-electron chi connectivity index (χ2n) is 7.66. The third kappa shape index (κ3) is 3.73. The van der Waals surface area contributed by atoms with Gasteiger partial charge in [0.2, 0.25) is 0 Å². The van der Waals surface area contributed by atoms with Crippen molar-refractivity contribution in [1.29, 1.82) is 0 Å². The van der Waals surface area contributed by atoms with Crippen LogP contribution in [0.25, 0.3) is 5.65 Å². The third-order valence-electron chi connectivity index (χ3n) is 5.66. The Morgan fingerprint density at radius 3 is 2.76 bits per heavy atom. The lowest BCUT2D eigenvalue weighted by Gasteiger charge is -2.26. The number of hydrogen-bond donors (Lipinski definition) is 1. The molecular formula is C20H24F2N6O. The van der Waals surface area contributed by atoms with Crippen molar-refractivity contribution in [1.82, 2.24) is 24.4 Å². The second kappa shape index (κ2) is 7.88. The fourth-order valence-electron chi connectivity index (χ4n) is 3.92. The van der Waals surface area contributed by atoms with Crippen molar-refractivity contribution in [3.63, 3.8) is 0 Å². The number of hydrogen-bond acceptors (Lipinski definition) is 4. The molecule has 0 bridgehead atoms. The minimum atomic E-state index is -2.78. The van der Waals surface area contributed by atoms with Crippen molar-refractivity contribution in [2.45, 2.75) is 58.4 Å². The third-order valence-corrected chi connectivity index (χ3v) is 5.66. The summed E-state index contributed by atoms with van der Waals surface area (Å²) in [5.41, 5.74) is 1.17. The molecule has 0 aromatic carbocycles. The number of nitrogens with zero attached hydrogens (tertiary/aromatic N) is 5. The molecule has 29 heavy (non-hydrogen) atoms. The van der Waals surface area contributed by atoms with Crippen LogP contribution in [0, 0.1) is 5.92 Å². The maximum atomic E-state index is 13.6. The summed E-state index contributed by atoms with van der Waals surface area (Å²) in [6.07, 6.45) is 6.38. The summed E-state index contributed by atoms with van der Waals surface area (Å²) in [5.74, 6) is 0.117. The van der Waals surface area contributed by atoms with Crippen LogP contribution >= 0.6 is 0 Å². The molecule has 7 nitrogen and oxygen atoms in total. The molecule has 0 atom stereocenters. The molecule has 154 valence electrons. The van der Waals surface area contributed by atoms with Gasteiger partial charge in [0.1, 0.15) is 5.56 Å². The molecule has 0 spiro atoms. The lowest BCUT2D eigenvalue weighted by Crippen LogP contribution is -2.17. The van der Waals surface area contributed by atoms with Crippen molar-refractivity contribution in [2.75, 3.05) is 5.32 Å². The molecule has 3 heterocycles. The summed E-state index contributed by atoms with van der Waals surface area (Å²) >= 11 is 0. The Kier molecular flexibility index (Phi) is 5.29. The normalized spacial score (nSPS) is 19.8. The number of aromatic nitrogens is 5. The quantitative estimate of drug-likeness (QED) is 0.685. The van der Waals surface area contributed by atoms with Crippen molar-refractivity contribution in [3.8, 4) is 0 Å². The molecule has 1 N–H and O–H groups in total. The van der Waals surface area contributed by atoms with Gasteiger partial charge in [0.25, 0.3) is 12.3 Å². The van der Waals surface area contributed by atoms with E-state index in [0.717, 1.165) is 37.8 Å². The topological polar surface area (TPSA) is 77.1 Å². The smallest absolute Gasteiger partial charge is 0.284 e. The highest BCUT2D eigenvalue weighted by Gasteiger charge is 2.26. The maximum absolute atomic E-state index is 13.6. The Morgan fingerprint density at radius 1 is 1.31 bits per heavy atom. The molecule has 0 radical (unpaired) electrons. The van der Waals surface area contributed by atoms with E-state index in [1.54, 1.807) is 15.4 Å². The number of anilines is 1. The monoisotopic (exact) mass is 402 g/mol. The molecule has 1 amide bonds. The van der Waals surface area contributed by atoms with Gasteiger partial charge in [-0.3, -0.25) is 9.48 Å². The zero-order chi connectivity index (χ0) is 20.5. The Hall–Kier alpha value is -2.84. The predicted octanol–water partition coefficient (Wildman–Crippen LogP) is 4.43. The fraction of sp³-hybridized carbons (Fsp3) is 0.500. The van der Waals surface area contributed by atoms with Crippen LogP contribution in [-0.2, 0) is 6.42 Å². The van der Waals surface area contributed by atoms with Gasteiger partial charge in [-0.2, -0.15) is 10.2 Å². The Bertz CT molecular complexity index is 1020. The molecule has 3 aromatic heterocycles. The molecule has 1 saturated carbocycles. The van der Waals surface area contributed by atoms with Crippen LogP contribution in [0.2, 0.25) is 0 Å². The average molecular weight is 402 g/mol. The lowest BCUT2D eigenvalue weighted by molar-refractivity contribution is 0.102. The number of carbonyl (C=O) groups excluding carboxylic acids is 1. The number of nitrogens with one attached hydrogen (secondary N) is 1. The van der Waals surface area contributed by atoms with Gasteiger partial charge < -0.3 is 5.32 Å². The fourth-order valence-corrected chi connectivity index (χ4v) is 3.92. The lowest BCUT2D eigenvalue weighted by atomic mass is 9.87. The molecule has 1 fully saturated rings. The maximum Gasteiger partial charge on any atom is 0.284 e. The van der Waals surface area contributed by atoms with E-state index < -0.39 is 18.0 Å². The number of aryl methyl sites for hydroxylation is 1. The molecule has 4 rings (SSSR count). The van der Waals surface area contributed by atoms with E-state index in [2.05, 4.69) is 27.4 Å².